The number of oxazole rings is 1. The fourth-order valence-electron chi connectivity index (χ4n) is 1.63. The summed E-state index contributed by atoms with van der Waals surface area (Å²) in [4.78, 5) is 8.35. The molecule has 3 aromatic rings. The standard InChI is InChI=1S/C14H11FN2O2S/c15-10-3-5-11(6-4-10)18-8-9-20-14-17-13-12(19-14)2-1-7-16-13/h1-7H,8-9H2. The lowest BCUT2D eigenvalue weighted by Crippen LogP contribution is -1.99. The van der Waals surface area contributed by atoms with Gasteiger partial charge in [0.15, 0.2) is 11.2 Å². The third kappa shape index (κ3) is 3.08. The van der Waals surface area contributed by atoms with E-state index in [1.54, 1.807) is 24.4 Å². The molecule has 6 heteroatoms. The molecule has 3 rings (SSSR count). The zero-order chi connectivity index (χ0) is 13.8. The number of benzene rings is 1. The highest BCUT2D eigenvalue weighted by Gasteiger charge is 2.06. The van der Waals surface area contributed by atoms with Crippen LogP contribution in [0.25, 0.3) is 11.2 Å². The summed E-state index contributed by atoms with van der Waals surface area (Å²) in [6.45, 7) is 0.489. The highest BCUT2D eigenvalue weighted by molar-refractivity contribution is 7.99. The van der Waals surface area contributed by atoms with Crippen LogP contribution in [0.3, 0.4) is 0 Å². The molecule has 2 heterocycles. The second-order valence-electron chi connectivity index (χ2n) is 3.96. The van der Waals surface area contributed by atoms with Crippen LogP contribution in [-0.4, -0.2) is 22.3 Å². The van der Waals surface area contributed by atoms with Crippen LogP contribution < -0.4 is 4.74 Å². The fraction of sp³-hybridized carbons (Fsp3) is 0.143. The number of rotatable bonds is 5. The molecule has 0 bridgehead atoms. The minimum atomic E-state index is -0.272. The number of aromatic nitrogens is 2. The normalized spacial score (nSPS) is 10.8. The smallest absolute Gasteiger partial charge is 0.258 e. The van der Waals surface area contributed by atoms with E-state index in [0.717, 1.165) is 0 Å². The van der Waals surface area contributed by atoms with Gasteiger partial charge in [-0.05, 0) is 36.4 Å². The molecule has 102 valence electrons. The zero-order valence-electron chi connectivity index (χ0n) is 10.5. The molecule has 0 N–H and O–H groups in total. The minimum absolute atomic E-state index is 0.272. The third-order valence-corrected chi connectivity index (χ3v) is 3.33. The van der Waals surface area contributed by atoms with Crippen LogP contribution in [0.1, 0.15) is 0 Å². The lowest BCUT2D eigenvalue weighted by molar-refractivity contribution is 0.342. The molecular weight excluding hydrogens is 279 g/mol. The molecule has 0 aliphatic carbocycles. The largest absolute Gasteiger partial charge is 0.493 e. The molecule has 0 saturated heterocycles. The molecule has 0 amide bonds. The summed E-state index contributed by atoms with van der Waals surface area (Å²) < 4.78 is 23.7. The molecule has 2 aromatic heterocycles. The highest BCUT2D eigenvalue weighted by atomic mass is 32.2. The molecule has 0 atom stereocenters. The average Bonchev–Trinajstić information content (AvgIpc) is 2.88. The van der Waals surface area contributed by atoms with E-state index in [2.05, 4.69) is 9.97 Å². The SMILES string of the molecule is Fc1ccc(OCCSc2nc3ncccc3o2)cc1. The Balaban J connectivity index is 1.51. The first-order valence-corrected chi connectivity index (χ1v) is 7.02. The van der Waals surface area contributed by atoms with Crippen molar-refractivity contribution in [3.8, 4) is 5.75 Å². The highest BCUT2D eigenvalue weighted by Crippen LogP contribution is 2.22. The van der Waals surface area contributed by atoms with Gasteiger partial charge in [-0.25, -0.2) is 9.37 Å². The monoisotopic (exact) mass is 290 g/mol. The Bertz CT molecular complexity index is 667. The van der Waals surface area contributed by atoms with Gasteiger partial charge in [0.25, 0.3) is 5.22 Å². The number of fused-ring (bicyclic) bond motifs is 1. The Morgan fingerprint density at radius 3 is 2.85 bits per heavy atom. The van der Waals surface area contributed by atoms with Crippen LogP contribution in [0.4, 0.5) is 4.39 Å². The predicted octanol–water partition coefficient (Wildman–Crippen LogP) is 3.53. The van der Waals surface area contributed by atoms with E-state index in [1.165, 1.54) is 23.9 Å². The number of hydrogen-bond donors (Lipinski definition) is 0. The number of halogens is 1. The molecule has 0 fully saturated rings. The summed E-state index contributed by atoms with van der Waals surface area (Å²) in [7, 11) is 0. The molecule has 0 spiro atoms. The van der Waals surface area contributed by atoms with Gasteiger partial charge < -0.3 is 9.15 Å². The molecule has 20 heavy (non-hydrogen) atoms. The third-order valence-electron chi connectivity index (χ3n) is 2.54. The first-order valence-electron chi connectivity index (χ1n) is 6.04. The van der Waals surface area contributed by atoms with Crippen molar-refractivity contribution in [1.29, 1.82) is 0 Å². The Kier molecular flexibility index (Phi) is 3.83. The Labute approximate surface area is 119 Å². The Hall–Kier alpha value is -2.08. The number of nitrogens with zero attached hydrogens (tertiary/aromatic N) is 2. The molecule has 0 radical (unpaired) electrons. The van der Waals surface area contributed by atoms with Crippen LogP contribution in [0.15, 0.2) is 52.2 Å². The zero-order valence-corrected chi connectivity index (χ0v) is 11.3. The summed E-state index contributed by atoms with van der Waals surface area (Å²) in [6, 6.07) is 9.57. The quantitative estimate of drug-likeness (QED) is 0.531. The van der Waals surface area contributed by atoms with Gasteiger partial charge in [-0.15, -0.1) is 0 Å². The van der Waals surface area contributed by atoms with Crippen molar-refractivity contribution in [3.05, 3.63) is 48.4 Å². The van der Waals surface area contributed by atoms with Gasteiger partial charge in [0, 0.05) is 11.9 Å². The topological polar surface area (TPSA) is 48.2 Å². The van der Waals surface area contributed by atoms with Crippen molar-refractivity contribution in [3.63, 3.8) is 0 Å². The lowest BCUT2D eigenvalue weighted by Gasteiger charge is -2.04. The second-order valence-corrected chi connectivity index (χ2v) is 5.00. The number of hydrogen-bond acceptors (Lipinski definition) is 5. The number of thioether (sulfide) groups is 1. The van der Waals surface area contributed by atoms with Gasteiger partial charge in [-0.1, -0.05) is 11.8 Å². The van der Waals surface area contributed by atoms with Crippen molar-refractivity contribution in [2.75, 3.05) is 12.4 Å². The minimum Gasteiger partial charge on any atom is -0.493 e. The predicted molar refractivity (Wildman–Crippen MR) is 74.4 cm³/mol. The van der Waals surface area contributed by atoms with Crippen molar-refractivity contribution in [2.24, 2.45) is 0 Å². The van der Waals surface area contributed by atoms with Crippen molar-refractivity contribution in [1.82, 2.24) is 9.97 Å². The molecule has 0 saturated carbocycles. The first-order chi connectivity index (χ1) is 9.81. The Morgan fingerprint density at radius 2 is 2.05 bits per heavy atom. The van der Waals surface area contributed by atoms with Gasteiger partial charge >= 0.3 is 0 Å². The lowest BCUT2D eigenvalue weighted by atomic mass is 10.3. The van der Waals surface area contributed by atoms with Crippen LogP contribution in [0.5, 0.6) is 5.75 Å². The maximum absolute atomic E-state index is 12.7. The second kappa shape index (κ2) is 5.92. The summed E-state index contributed by atoms with van der Waals surface area (Å²) in [5.74, 6) is 1.06. The van der Waals surface area contributed by atoms with E-state index in [0.29, 0.717) is 34.6 Å². The van der Waals surface area contributed by atoms with E-state index >= 15 is 0 Å². The molecule has 0 aliphatic rings. The van der Waals surface area contributed by atoms with E-state index in [4.69, 9.17) is 9.15 Å². The number of ether oxygens (including phenoxy) is 1. The van der Waals surface area contributed by atoms with Gasteiger partial charge in [0.2, 0.25) is 0 Å². The maximum atomic E-state index is 12.7. The van der Waals surface area contributed by atoms with Gasteiger partial charge in [-0.3, -0.25) is 0 Å². The van der Waals surface area contributed by atoms with E-state index < -0.39 is 0 Å². The molecule has 1 aromatic carbocycles. The van der Waals surface area contributed by atoms with Crippen LogP contribution >= 0.6 is 11.8 Å². The molecule has 4 nitrogen and oxygen atoms in total. The summed E-state index contributed by atoms with van der Waals surface area (Å²) >= 11 is 1.45. The average molecular weight is 290 g/mol. The Morgan fingerprint density at radius 1 is 1.20 bits per heavy atom. The molecule has 0 aliphatic heterocycles. The van der Waals surface area contributed by atoms with Crippen LogP contribution in [-0.2, 0) is 0 Å². The molecule has 0 unspecified atom stereocenters. The van der Waals surface area contributed by atoms with Crippen molar-refractivity contribution >= 4 is 23.0 Å². The summed E-state index contributed by atoms with van der Waals surface area (Å²) in [5.41, 5.74) is 1.28. The molecular formula is C14H11FN2O2S. The summed E-state index contributed by atoms with van der Waals surface area (Å²) in [5, 5.41) is 0.571. The van der Waals surface area contributed by atoms with E-state index in [9.17, 15) is 4.39 Å². The van der Waals surface area contributed by atoms with Gasteiger partial charge in [0.1, 0.15) is 11.6 Å². The van der Waals surface area contributed by atoms with Gasteiger partial charge in [0.05, 0.1) is 6.61 Å². The van der Waals surface area contributed by atoms with Crippen molar-refractivity contribution in [2.45, 2.75) is 5.22 Å². The van der Waals surface area contributed by atoms with E-state index in [-0.39, 0.29) is 5.82 Å². The van der Waals surface area contributed by atoms with Crippen molar-refractivity contribution < 1.29 is 13.5 Å². The van der Waals surface area contributed by atoms with E-state index in [1.807, 2.05) is 6.07 Å². The van der Waals surface area contributed by atoms with Crippen LogP contribution in [0.2, 0.25) is 0 Å². The van der Waals surface area contributed by atoms with Crippen LogP contribution in [0, 0.1) is 5.82 Å². The first kappa shape index (κ1) is 12.9. The fourth-order valence-corrected chi connectivity index (χ4v) is 2.27. The maximum Gasteiger partial charge on any atom is 0.258 e. The van der Waals surface area contributed by atoms with Gasteiger partial charge in [-0.2, -0.15) is 4.98 Å². The summed E-state index contributed by atoms with van der Waals surface area (Å²) in [6.07, 6.45) is 1.68. The number of pyridine rings is 1.